The molecule has 0 aliphatic carbocycles. The molecule has 4 heteroatoms. The number of aliphatic hydroxyl groups excluding tert-OH is 1. The van der Waals surface area contributed by atoms with Crippen molar-refractivity contribution in [3.63, 3.8) is 0 Å². The van der Waals surface area contributed by atoms with Crippen LogP contribution in [0.25, 0.3) is 11.1 Å². The molecule has 18 heavy (non-hydrogen) atoms. The number of carboxylic acid groups (broad SMARTS) is 1. The maximum atomic E-state index is 13.3. The van der Waals surface area contributed by atoms with Gasteiger partial charge in [0, 0.05) is 0 Å². The Morgan fingerprint density at radius 3 is 2.28 bits per heavy atom. The number of hydrogen-bond acceptors (Lipinski definition) is 2. The maximum absolute atomic E-state index is 13.3. The molecule has 0 aromatic heterocycles. The van der Waals surface area contributed by atoms with Crippen molar-refractivity contribution in [1.29, 1.82) is 0 Å². The van der Waals surface area contributed by atoms with E-state index in [9.17, 15) is 9.18 Å². The number of aliphatic hydroxyl groups is 1. The van der Waals surface area contributed by atoms with E-state index >= 15 is 0 Å². The fraction of sp³-hybridized carbons (Fsp3) is 0.0714. The van der Waals surface area contributed by atoms with Crippen molar-refractivity contribution in [1.82, 2.24) is 0 Å². The van der Waals surface area contributed by atoms with Crippen LogP contribution in [0.3, 0.4) is 0 Å². The zero-order valence-corrected chi connectivity index (χ0v) is 9.43. The molecule has 92 valence electrons. The Balaban J connectivity index is 2.46. The number of rotatable bonds is 3. The minimum atomic E-state index is -1.16. The van der Waals surface area contributed by atoms with E-state index in [1.54, 1.807) is 24.3 Å². The first-order valence-electron chi connectivity index (χ1n) is 5.34. The Morgan fingerprint density at radius 2 is 1.72 bits per heavy atom. The molecule has 0 heterocycles. The Labute approximate surface area is 103 Å². The van der Waals surface area contributed by atoms with Crippen molar-refractivity contribution < 1.29 is 19.4 Å². The molecule has 2 N–H and O–H groups in total. The highest BCUT2D eigenvalue weighted by Crippen LogP contribution is 2.22. The summed E-state index contributed by atoms with van der Waals surface area (Å²) in [5.74, 6) is -1.75. The molecule has 0 amide bonds. The third-order valence-electron chi connectivity index (χ3n) is 2.61. The van der Waals surface area contributed by atoms with E-state index in [1.165, 1.54) is 12.1 Å². The van der Waals surface area contributed by atoms with Gasteiger partial charge in [-0.25, -0.2) is 9.18 Å². The highest BCUT2D eigenvalue weighted by atomic mass is 19.1. The molecule has 3 nitrogen and oxygen atoms in total. The first-order chi connectivity index (χ1) is 8.60. The van der Waals surface area contributed by atoms with Crippen LogP contribution in [0.5, 0.6) is 0 Å². The van der Waals surface area contributed by atoms with E-state index in [0.29, 0.717) is 11.1 Å². The number of benzene rings is 2. The summed E-state index contributed by atoms with van der Waals surface area (Å²) < 4.78 is 13.3. The summed E-state index contributed by atoms with van der Waals surface area (Å²) in [5.41, 5.74) is 1.86. The van der Waals surface area contributed by atoms with Crippen LogP contribution in [0.2, 0.25) is 0 Å². The summed E-state index contributed by atoms with van der Waals surface area (Å²) >= 11 is 0. The van der Waals surface area contributed by atoms with Gasteiger partial charge in [-0.1, -0.05) is 24.3 Å². The summed E-state index contributed by atoms with van der Waals surface area (Å²) in [5, 5.41) is 17.8. The highest BCUT2D eigenvalue weighted by Gasteiger charge is 2.08. The van der Waals surface area contributed by atoms with Crippen LogP contribution in [-0.4, -0.2) is 16.2 Å². The van der Waals surface area contributed by atoms with Gasteiger partial charge in [0.15, 0.2) is 0 Å². The van der Waals surface area contributed by atoms with Crippen LogP contribution in [0.1, 0.15) is 15.9 Å². The monoisotopic (exact) mass is 246 g/mol. The summed E-state index contributed by atoms with van der Waals surface area (Å²) in [6, 6.07) is 10.5. The molecule has 2 rings (SSSR count). The third-order valence-corrected chi connectivity index (χ3v) is 2.61. The van der Waals surface area contributed by atoms with Gasteiger partial charge in [-0.3, -0.25) is 0 Å². The molecule has 2 aromatic rings. The molecule has 0 fully saturated rings. The third kappa shape index (κ3) is 2.55. The zero-order chi connectivity index (χ0) is 13.1. The Morgan fingerprint density at radius 1 is 1.06 bits per heavy atom. The van der Waals surface area contributed by atoms with Crippen LogP contribution in [-0.2, 0) is 6.61 Å². The standard InChI is InChI=1S/C14H11FO3/c15-13-6-11(5-12(7-13)14(17)18)10-3-1-9(8-16)2-4-10/h1-7,16H,8H2,(H,17,18). The van der Waals surface area contributed by atoms with Crippen molar-refractivity contribution in [2.45, 2.75) is 6.61 Å². The quantitative estimate of drug-likeness (QED) is 0.875. The first-order valence-corrected chi connectivity index (χ1v) is 5.34. The lowest BCUT2D eigenvalue weighted by molar-refractivity contribution is 0.0696. The topological polar surface area (TPSA) is 57.5 Å². The Bertz CT molecular complexity index is 576. The van der Waals surface area contributed by atoms with Crippen LogP contribution in [0, 0.1) is 5.82 Å². The molecular formula is C14H11FO3. The number of aromatic carboxylic acids is 1. The van der Waals surface area contributed by atoms with E-state index < -0.39 is 11.8 Å². The summed E-state index contributed by atoms with van der Waals surface area (Å²) in [6.07, 6.45) is 0. The van der Waals surface area contributed by atoms with Crippen molar-refractivity contribution in [2.24, 2.45) is 0 Å². The van der Waals surface area contributed by atoms with Gasteiger partial charge >= 0.3 is 5.97 Å². The van der Waals surface area contributed by atoms with Gasteiger partial charge in [-0.05, 0) is 34.9 Å². The lowest BCUT2D eigenvalue weighted by atomic mass is 10.0. The van der Waals surface area contributed by atoms with Crippen molar-refractivity contribution in [2.75, 3.05) is 0 Å². The minimum absolute atomic E-state index is 0.0657. The van der Waals surface area contributed by atoms with Gasteiger partial charge in [0.05, 0.1) is 12.2 Å². The van der Waals surface area contributed by atoms with E-state index in [2.05, 4.69) is 0 Å². The van der Waals surface area contributed by atoms with Crippen LogP contribution >= 0.6 is 0 Å². The van der Waals surface area contributed by atoms with Crippen LogP contribution in [0.4, 0.5) is 4.39 Å². The largest absolute Gasteiger partial charge is 0.478 e. The van der Waals surface area contributed by atoms with Crippen molar-refractivity contribution in [3.8, 4) is 11.1 Å². The predicted octanol–water partition coefficient (Wildman–Crippen LogP) is 2.68. The lowest BCUT2D eigenvalue weighted by Crippen LogP contribution is -1.97. The molecule has 0 aliphatic rings. The molecule has 0 radical (unpaired) electrons. The highest BCUT2D eigenvalue weighted by molar-refractivity contribution is 5.89. The van der Waals surface area contributed by atoms with Gasteiger partial charge in [-0.15, -0.1) is 0 Å². The Hall–Kier alpha value is -2.20. The van der Waals surface area contributed by atoms with Gasteiger partial charge in [0.1, 0.15) is 5.82 Å². The number of carboxylic acids is 1. The average Bonchev–Trinajstić information content (AvgIpc) is 2.38. The summed E-state index contributed by atoms with van der Waals surface area (Å²) in [7, 11) is 0. The molecule has 0 atom stereocenters. The second kappa shape index (κ2) is 4.98. The second-order valence-corrected chi connectivity index (χ2v) is 3.89. The van der Waals surface area contributed by atoms with Gasteiger partial charge < -0.3 is 10.2 Å². The fourth-order valence-electron chi connectivity index (χ4n) is 1.68. The lowest BCUT2D eigenvalue weighted by Gasteiger charge is -2.05. The van der Waals surface area contributed by atoms with E-state index in [4.69, 9.17) is 10.2 Å². The fourth-order valence-corrected chi connectivity index (χ4v) is 1.68. The van der Waals surface area contributed by atoms with Crippen molar-refractivity contribution >= 4 is 5.97 Å². The summed E-state index contributed by atoms with van der Waals surface area (Å²) in [4.78, 5) is 10.8. The van der Waals surface area contributed by atoms with Crippen LogP contribution in [0.15, 0.2) is 42.5 Å². The van der Waals surface area contributed by atoms with E-state index in [1.807, 2.05) is 0 Å². The number of carbonyl (C=O) groups is 1. The molecule has 2 aromatic carbocycles. The molecular weight excluding hydrogens is 235 g/mol. The minimum Gasteiger partial charge on any atom is -0.478 e. The maximum Gasteiger partial charge on any atom is 0.335 e. The van der Waals surface area contributed by atoms with E-state index in [-0.39, 0.29) is 12.2 Å². The molecule has 0 bridgehead atoms. The van der Waals surface area contributed by atoms with Gasteiger partial charge in [0.25, 0.3) is 0 Å². The van der Waals surface area contributed by atoms with Crippen molar-refractivity contribution in [3.05, 3.63) is 59.4 Å². The summed E-state index contributed by atoms with van der Waals surface area (Å²) in [6.45, 7) is -0.0657. The first kappa shape index (κ1) is 12.3. The van der Waals surface area contributed by atoms with Gasteiger partial charge in [-0.2, -0.15) is 0 Å². The van der Waals surface area contributed by atoms with Crippen LogP contribution < -0.4 is 0 Å². The molecule has 0 saturated carbocycles. The Kier molecular flexibility index (Phi) is 3.39. The smallest absolute Gasteiger partial charge is 0.335 e. The molecule has 0 spiro atoms. The SMILES string of the molecule is O=C(O)c1cc(F)cc(-c2ccc(CO)cc2)c1. The number of halogens is 1. The zero-order valence-electron chi connectivity index (χ0n) is 9.43. The second-order valence-electron chi connectivity index (χ2n) is 3.89. The molecule has 0 saturated heterocycles. The van der Waals surface area contributed by atoms with E-state index in [0.717, 1.165) is 11.6 Å². The molecule has 0 aliphatic heterocycles. The molecule has 0 unspecified atom stereocenters. The number of hydrogen-bond donors (Lipinski definition) is 2. The normalized spacial score (nSPS) is 10.3. The van der Waals surface area contributed by atoms with Gasteiger partial charge in [0.2, 0.25) is 0 Å². The average molecular weight is 246 g/mol. The predicted molar refractivity (Wildman–Crippen MR) is 64.7 cm³/mol.